The van der Waals surface area contributed by atoms with Gasteiger partial charge in [0.05, 0.1) is 43.0 Å². The number of nitrogen functional groups attached to an aromatic ring is 1. The van der Waals surface area contributed by atoms with E-state index in [1.54, 1.807) is 20.4 Å². The van der Waals surface area contributed by atoms with Crippen molar-refractivity contribution in [2.45, 2.75) is 0 Å². The second kappa shape index (κ2) is 6.34. The molecule has 0 aliphatic rings. The van der Waals surface area contributed by atoms with Crippen molar-refractivity contribution < 1.29 is 9.47 Å². The molecule has 0 aliphatic heterocycles. The van der Waals surface area contributed by atoms with Crippen molar-refractivity contribution in [2.24, 2.45) is 0 Å². The van der Waals surface area contributed by atoms with E-state index in [-0.39, 0.29) is 0 Å². The molecule has 0 aliphatic carbocycles. The Labute approximate surface area is 142 Å². The number of methoxy groups -OCH3 is 2. The van der Waals surface area contributed by atoms with Gasteiger partial charge in [-0.25, -0.2) is 0 Å². The number of nitrogens with zero attached hydrogens (tertiary/aromatic N) is 1. The van der Waals surface area contributed by atoms with E-state index in [4.69, 9.17) is 15.2 Å². The first kappa shape index (κ1) is 15.4. The third kappa shape index (κ3) is 2.90. The van der Waals surface area contributed by atoms with Gasteiger partial charge in [0.2, 0.25) is 0 Å². The molecular formula is C17H16BrN3O2. The molecule has 2 aromatic carbocycles. The van der Waals surface area contributed by atoms with Gasteiger partial charge >= 0.3 is 0 Å². The molecular weight excluding hydrogens is 358 g/mol. The molecule has 3 N–H and O–H groups in total. The Morgan fingerprint density at radius 2 is 1.87 bits per heavy atom. The number of fused-ring (bicyclic) bond motifs is 1. The van der Waals surface area contributed by atoms with E-state index >= 15 is 0 Å². The fraction of sp³-hybridized carbons (Fsp3) is 0.118. The van der Waals surface area contributed by atoms with Crippen molar-refractivity contribution in [3.8, 4) is 11.5 Å². The molecule has 3 rings (SSSR count). The van der Waals surface area contributed by atoms with Crippen molar-refractivity contribution >= 4 is 43.9 Å². The fourth-order valence-electron chi connectivity index (χ4n) is 2.38. The lowest BCUT2D eigenvalue weighted by molar-refractivity contribution is 0.395. The molecule has 0 amide bonds. The SMILES string of the molecule is COc1cc(Br)c(Nc2c(N)cnc3ccccc23)c(OC)c1. The quantitative estimate of drug-likeness (QED) is 0.711. The highest BCUT2D eigenvalue weighted by molar-refractivity contribution is 9.10. The van der Waals surface area contributed by atoms with E-state index in [1.165, 1.54) is 0 Å². The molecule has 1 aromatic heterocycles. The molecule has 1 heterocycles. The molecule has 0 radical (unpaired) electrons. The van der Waals surface area contributed by atoms with Crippen LogP contribution in [-0.4, -0.2) is 19.2 Å². The summed E-state index contributed by atoms with van der Waals surface area (Å²) in [6.45, 7) is 0. The number of benzene rings is 2. The Bertz CT molecular complexity index is 868. The van der Waals surface area contributed by atoms with E-state index in [9.17, 15) is 0 Å². The molecule has 23 heavy (non-hydrogen) atoms. The summed E-state index contributed by atoms with van der Waals surface area (Å²) in [5.74, 6) is 1.35. The summed E-state index contributed by atoms with van der Waals surface area (Å²) in [6.07, 6.45) is 1.65. The maximum atomic E-state index is 6.13. The van der Waals surface area contributed by atoms with Gasteiger partial charge in [-0.1, -0.05) is 18.2 Å². The Hall–Kier alpha value is -2.47. The van der Waals surface area contributed by atoms with Gasteiger partial charge in [0.15, 0.2) is 0 Å². The summed E-state index contributed by atoms with van der Waals surface area (Å²) in [7, 11) is 3.23. The molecule has 0 spiro atoms. The standard InChI is InChI=1S/C17H16BrN3O2/c1-22-10-7-12(18)17(15(8-10)23-2)21-16-11-5-3-4-6-14(11)20-9-13(16)19/h3-9H,19H2,1-2H3,(H,20,21). The molecule has 0 saturated heterocycles. The molecule has 5 nitrogen and oxygen atoms in total. The molecule has 0 bridgehead atoms. The molecule has 0 atom stereocenters. The lowest BCUT2D eigenvalue weighted by Crippen LogP contribution is -2.01. The highest BCUT2D eigenvalue weighted by Gasteiger charge is 2.14. The first-order valence-corrected chi connectivity index (χ1v) is 7.75. The van der Waals surface area contributed by atoms with Gasteiger partial charge in [0.25, 0.3) is 0 Å². The van der Waals surface area contributed by atoms with Crippen molar-refractivity contribution in [2.75, 3.05) is 25.3 Å². The van der Waals surface area contributed by atoms with Crippen LogP contribution in [0.25, 0.3) is 10.9 Å². The number of nitrogens with one attached hydrogen (secondary N) is 1. The first-order chi connectivity index (χ1) is 11.1. The van der Waals surface area contributed by atoms with Crippen LogP contribution in [0.2, 0.25) is 0 Å². The van der Waals surface area contributed by atoms with E-state index in [1.807, 2.05) is 36.4 Å². The Morgan fingerprint density at radius 3 is 2.61 bits per heavy atom. The van der Waals surface area contributed by atoms with Gasteiger partial charge in [-0.2, -0.15) is 0 Å². The predicted octanol–water partition coefficient (Wildman–Crippen LogP) is 4.34. The number of anilines is 3. The summed E-state index contributed by atoms with van der Waals surface area (Å²) in [5, 5.41) is 4.30. The van der Waals surface area contributed by atoms with Gasteiger partial charge in [-0.05, 0) is 28.1 Å². The maximum absolute atomic E-state index is 6.13. The second-order valence-corrected chi connectivity index (χ2v) is 5.77. The van der Waals surface area contributed by atoms with E-state index < -0.39 is 0 Å². The lowest BCUT2D eigenvalue weighted by Gasteiger charge is -2.17. The van der Waals surface area contributed by atoms with Crippen LogP contribution >= 0.6 is 15.9 Å². The van der Waals surface area contributed by atoms with Crippen molar-refractivity contribution in [3.05, 3.63) is 47.1 Å². The van der Waals surface area contributed by atoms with Crippen LogP contribution in [0.5, 0.6) is 11.5 Å². The summed E-state index contributed by atoms with van der Waals surface area (Å²) in [4.78, 5) is 4.35. The minimum absolute atomic E-state index is 0.563. The average molecular weight is 374 g/mol. The third-order valence-corrected chi connectivity index (χ3v) is 4.16. The number of hydrogen-bond acceptors (Lipinski definition) is 5. The monoisotopic (exact) mass is 373 g/mol. The number of ether oxygens (including phenoxy) is 2. The van der Waals surface area contributed by atoms with Crippen LogP contribution in [0.3, 0.4) is 0 Å². The Kier molecular flexibility index (Phi) is 4.25. The Balaban J connectivity index is 2.15. The van der Waals surface area contributed by atoms with Crippen LogP contribution in [0.1, 0.15) is 0 Å². The number of para-hydroxylation sites is 1. The molecule has 0 unspecified atom stereocenters. The van der Waals surface area contributed by atoms with Crippen LogP contribution < -0.4 is 20.5 Å². The lowest BCUT2D eigenvalue weighted by atomic mass is 10.1. The van der Waals surface area contributed by atoms with Gasteiger partial charge in [-0.3, -0.25) is 4.98 Å². The van der Waals surface area contributed by atoms with Crippen LogP contribution in [0, 0.1) is 0 Å². The van der Waals surface area contributed by atoms with Crippen LogP contribution in [0.4, 0.5) is 17.1 Å². The van der Waals surface area contributed by atoms with Crippen LogP contribution in [0.15, 0.2) is 47.1 Å². The minimum atomic E-state index is 0.563. The largest absolute Gasteiger partial charge is 0.497 e. The van der Waals surface area contributed by atoms with Gasteiger partial charge in [0.1, 0.15) is 11.5 Å². The molecule has 0 saturated carbocycles. The number of pyridine rings is 1. The van der Waals surface area contributed by atoms with Gasteiger partial charge in [0, 0.05) is 15.9 Å². The number of nitrogens with two attached hydrogens (primary N) is 1. The number of aromatic nitrogens is 1. The smallest absolute Gasteiger partial charge is 0.147 e. The zero-order valence-corrected chi connectivity index (χ0v) is 14.3. The van der Waals surface area contributed by atoms with E-state index in [0.29, 0.717) is 17.2 Å². The fourth-order valence-corrected chi connectivity index (χ4v) is 2.90. The number of rotatable bonds is 4. The maximum Gasteiger partial charge on any atom is 0.147 e. The topological polar surface area (TPSA) is 69.4 Å². The van der Waals surface area contributed by atoms with Crippen molar-refractivity contribution in [3.63, 3.8) is 0 Å². The molecule has 6 heteroatoms. The van der Waals surface area contributed by atoms with Gasteiger partial charge < -0.3 is 20.5 Å². The zero-order chi connectivity index (χ0) is 16.4. The number of hydrogen-bond donors (Lipinski definition) is 2. The highest BCUT2D eigenvalue weighted by Crippen LogP contribution is 2.41. The average Bonchev–Trinajstić information content (AvgIpc) is 2.58. The van der Waals surface area contributed by atoms with Gasteiger partial charge in [-0.15, -0.1) is 0 Å². The molecule has 3 aromatic rings. The normalized spacial score (nSPS) is 10.6. The van der Waals surface area contributed by atoms with E-state index in [0.717, 1.165) is 26.8 Å². The summed E-state index contributed by atoms with van der Waals surface area (Å²) in [6, 6.07) is 11.5. The summed E-state index contributed by atoms with van der Waals surface area (Å²) < 4.78 is 11.5. The zero-order valence-electron chi connectivity index (χ0n) is 12.8. The summed E-state index contributed by atoms with van der Waals surface area (Å²) in [5.41, 5.74) is 9.12. The minimum Gasteiger partial charge on any atom is -0.497 e. The van der Waals surface area contributed by atoms with Crippen molar-refractivity contribution in [1.29, 1.82) is 0 Å². The molecule has 118 valence electrons. The predicted molar refractivity (Wildman–Crippen MR) is 96.7 cm³/mol. The number of halogens is 1. The van der Waals surface area contributed by atoms with Crippen molar-refractivity contribution in [1.82, 2.24) is 4.98 Å². The first-order valence-electron chi connectivity index (χ1n) is 6.95. The highest BCUT2D eigenvalue weighted by atomic mass is 79.9. The third-order valence-electron chi connectivity index (χ3n) is 3.54. The molecule has 0 fully saturated rings. The second-order valence-electron chi connectivity index (χ2n) is 4.92. The Morgan fingerprint density at radius 1 is 1.09 bits per heavy atom. The summed E-state index contributed by atoms with van der Waals surface area (Å²) >= 11 is 3.55. The van der Waals surface area contributed by atoms with E-state index in [2.05, 4.69) is 26.2 Å². The van der Waals surface area contributed by atoms with Crippen LogP contribution in [-0.2, 0) is 0 Å².